The number of aromatic hydroxyl groups is 1. The Morgan fingerprint density at radius 3 is 2.50 bits per heavy atom. The number of phenolic OH excluding ortho intramolecular Hbond substituents is 1. The van der Waals surface area contributed by atoms with Crippen LogP contribution < -0.4 is 0 Å². The number of thiazole rings is 1. The normalized spacial score (nSPS) is 12.9. The Kier molecular flexibility index (Phi) is 3.71. The molecular weight excluding hydrogens is 242 g/mol. The molecule has 1 heterocycles. The van der Waals surface area contributed by atoms with Gasteiger partial charge in [-0.2, -0.15) is 0 Å². The average molecular weight is 261 g/mol. The van der Waals surface area contributed by atoms with Gasteiger partial charge in [0.1, 0.15) is 5.75 Å². The first-order chi connectivity index (χ1) is 8.50. The number of aryl methyl sites for hydroxylation is 1. The van der Waals surface area contributed by atoms with E-state index in [1.165, 1.54) is 5.56 Å². The third-order valence-corrected chi connectivity index (χ3v) is 4.30. The Morgan fingerprint density at radius 2 is 1.94 bits per heavy atom. The third kappa shape index (κ3) is 2.41. The highest BCUT2D eigenvalue weighted by Gasteiger charge is 2.15. The zero-order valence-electron chi connectivity index (χ0n) is 11.3. The van der Waals surface area contributed by atoms with Gasteiger partial charge in [0.05, 0.1) is 11.2 Å². The number of aromatic nitrogens is 1. The van der Waals surface area contributed by atoms with Gasteiger partial charge in [-0.15, -0.1) is 11.3 Å². The van der Waals surface area contributed by atoms with Crippen LogP contribution in [0.15, 0.2) is 23.7 Å². The van der Waals surface area contributed by atoms with Crippen molar-refractivity contribution >= 4 is 11.3 Å². The lowest BCUT2D eigenvalue weighted by Gasteiger charge is -2.17. The number of rotatable bonds is 3. The molecule has 0 amide bonds. The van der Waals surface area contributed by atoms with Crippen LogP contribution >= 0.6 is 11.3 Å². The monoisotopic (exact) mass is 261 g/mol. The summed E-state index contributed by atoms with van der Waals surface area (Å²) in [5.41, 5.74) is 4.82. The molecule has 0 saturated carbocycles. The van der Waals surface area contributed by atoms with Crippen LogP contribution in [0.5, 0.6) is 5.75 Å². The van der Waals surface area contributed by atoms with E-state index in [0.717, 1.165) is 16.1 Å². The molecule has 1 aromatic carbocycles. The van der Waals surface area contributed by atoms with E-state index in [9.17, 15) is 5.11 Å². The fraction of sp³-hybridized carbons (Fsp3) is 0.400. The lowest BCUT2D eigenvalue weighted by atomic mass is 9.89. The lowest BCUT2D eigenvalue weighted by Crippen LogP contribution is -2.02. The van der Waals surface area contributed by atoms with Gasteiger partial charge < -0.3 is 5.11 Å². The van der Waals surface area contributed by atoms with Gasteiger partial charge in [0.2, 0.25) is 0 Å². The molecule has 0 radical (unpaired) electrons. The highest BCUT2D eigenvalue weighted by Crippen LogP contribution is 2.35. The van der Waals surface area contributed by atoms with Crippen LogP contribution in [0.3, 0.4) is 0 Å². The molecule has 2 aromatic rings. The first kappa shape index (κ1) is 13.1. The molecule has 0 aliphatic carbocycles. The molecule has 1 atom stereocenters. The quantitative estimate of drug-likeness (QED) is 0.877. The van der Waals surface area contributed by atoms with Crippen molar-refractivity contribution in [3.63, 3.8) is 0 Å². The van der Waals surface area contributed by atoms with Crippen molar-refractivity contribution in [2.75, 3.05) is 0 Å². The standard InChI is InChI=1S/C15H19NOS/c1-9(2)10(3)12-5-6-14(17)13(7-12)15-11(4)18-8-16-15/h5-10,17H,1-4H3. The van der Waals surface area contributed by atoms with Gasteiger partial charge in [-0.25, -0.2) is 4.98 Å². The van der Waals surface area contributed by atoms with Gasteiger partial charge in [-0.1, -0.05) is 26.8 Å². The maximum atomic E-state index is 10.0. The summed E-state index contributed by atoms with van der Waals surface area (Å²) in [4.78, 5) is 5.49. The molecule has 0 aliphatic rings. The van der Waals surface area contributed by atoms with Crippen molar-refractivity contribution < 1.29 is 5.11 Å². The van der Waals surface area contributed by atoms with E-state index in [-0.39, 0.29) is 0 Å². The summed E-state index contributed by atoms with van der Waals surface area (Å²) in [7, 11) is 0. The SMILES string of the molecule is Cc1scnc1-c1cc(C(C)C(C)C)ccc1O. The number of hydrogen-bond donors (Lipinski definition) is 1. The largest absolute Gasteiger partial charge is 0.507 e. The number of nitrogens with zero attached hydrogens (tertiary/aromatic N) is 1. The Hall–Kier alpha value is -1.35. The minimum absolute atomic E-state index is 0.309. The van der Waals surface area contributed by atoms with Crippen LogP contribution in [0, 0.1) is 12.8 Å². The average Bonchev–Trinajstić information content (AvgIpc) is 2.75. The molecule has 0 spiro atoms. The van der Waals surface area contributed by atoms with Crippen LogP contribution in [-0.2, 0) is 0 Å². The van der Waals surface area contributed by atoms with Gasteiger partial charge in [0.15, 0.2) is 0 Å². The number of hydrogen-bond acceptors (Lipinski definition) is 3. The van der Waals surface area contributed by atoms with Crippen LogP contribution in [0.25, 0.3) is 11.3 Å². The molecule has 2 rings (SSSR count). The maximum absolute atomic E-state index is 10.0. The van der Waals surface area contributed by atoms with Gasteiger partial charge in [0, 0.05) is 10.4 Å². The topological polar surface area (TPSA) is 33.1 Å². The second-order valence-corrected chi connectivity index (χ2v) is 6.13. The zero-order valence-corrected chi connectivity index (χ0v) is 12.1. The number of benzene rings is 1. The summed E-state index contributed by atoms with van der Waals surface area (Å²) in [6.45, 7) is 8.68. The molecule has 0 fully saturated rings. The molecule has 2 nitrogen and oxygen atoms in total. The molecular formula is C15H19NOS. The molecule has 1 N–H and O–H groups in total. The highest BCUT2D eigenvalue weighted by atomic mass is 32.1. The summed E-state index contributed by atoms with van der Waals surface area (Å²) in [6, 6.07) is 5.86. The van der Waals surface area contributed by atoms with E-state index in [2.05, 4.69) is 31.8 Å². The van der Waals surface area contributed by atoms with E-state index >= 15 is 0 Å². The number of phenols is 1. The van der Waals surface area contributed by atoms with Crippen molar-refractivity contribution in [1.82, 2.24) is 4.98 Å². The maximum Gasteiger partial charge on any atom is 0.125 e. The molecule has 1 unspecified atom stereocenters. The van der Waals surface area contributed by atoms with E-state index < -0.39 is 0 Å². The summed E-state index contributed by atoms with van der Waals surface area (Å²) in [6.07, 6.45) is 0. The lowest BCUT2D eigenvalue weighted by molar-refractivity contribution is 0.475. The van der Waals surface area contributed by atoms with Crippen LogP contribution in [-0.4, -0.2) is 10.1 Å². The summed E-state index contributed by atoms with van der Waals surface area (Å²) in [5.74, 6) is 1.37. The summed E-state index contributed by atoms with van der Waals surface area (Å²) in [5, 5.41) is 10.0. The van der Waals surface area contributed by atoms with Crippen molar-refractivity contribution in [1.29, 1.82) is 0 Å². The van der Waals surface area contributed by atoms with Crippen LogP contribution in [0.2, 0.25) is 0 Å². The predicted molar refractivity (Wildman–Crippen MR) is 77.2 cm³/mol. The molecule has 96 valence electrons. The highest BCUT2D eigenvalue weighted by molar-refractivity contribution is 7.10. The van der Waals surface area contributed by atoms with Crippen molar-refractivity contribution in [3.05, 3.63) is 34.2 Å². The summed E-state index contributed by atoms with van der Waals surface area (Å²) >= 11 is 1.61. The Balaban J connectivity index is 2.49. The molecule has 3 heteroatoms. The van der Waals surface area contributed by atoms with Gasteiger partial charge in [-0.3, -0.25) is 0 Å². The molecule has 1 aromatic heterocycles. The van der Waals surface area contributed by atoms with Crippen LogP contribution in [0.1, 0.15) is 37.1 Å². The second kappa shape index (κ2) is 5.11. The molecule has 0 bridgehead atoms. The van der Waals surface area contributed by atoms with Crippen LogP contribution in [0.4, 0.5) is 0 Å². The van der Waals surface area contributed by atoms with E-state index in [1.807, 2.05) is 18.5 Å². The first-order valence-corrected chi connectivity index (χ1v) is 7.12. The molecule has 0 aliphatic heterocycles. The minimum Gasteiger partial charge on any atom is -0.507 e. The fourth-order valence-electron chi connectivity index (χ4n) is 1.98. The first-order valence-electron chi connectivity index (χ1n) is 6.24. The fourth-order valence-corrected chi connectivity index (χ4v) is 2.57. The second-order valence-electron chi connectivity index (χ2n) is 5.07. The smallest absolute Gasteiger partial charge is 0.125 e. The Bertz CT molecular complexity index is 545. The van der Waals surface area contributed by atoms with E-state index in [4.69, 9.17) is 0 Å². The van der Waals surface area contributed by atoms with E-state index in [1.54, 1.807) is 17.4 Å². The van der Waals surface area contributed by atoms with Gasteiger partial charge >= 0.3 is 0 Å². The molecule has 0 saturated heterocycles. The Labute approximate surface area is 112 Å². The summed E-state index contributed by atoms with van der Waals surface area (Å²) < 4.78 is 0. The van der Waals surface area contributed by atoms with Gasteiger partial charge in [0.25, 0.3) is 0 Å². The van der Waals surface area contributed by atoms with E-state index in [0.29, 0.717) is 17.6 Å². The predicted octanol–water partition coefficient (Wildman–Crippen LogP) is 4.58. The van der Waals surface area contributed by atoms with Crippen molar-refractivity contribution in [3.8, 4) is 17.0 Å². The minimum atomic E-state index is 0.309. The zero-order chi connectivity index (χ0) is 13.3. The van der Waals surface area contributed by atoms with Gasteiger partial charge in [-0.05, 0) is 36.5 Å². The third-order valence-electron chi connectivity index (χ3n) is 3.55. The van der Waals surface area contributed by atoms with Crippen molar-refractivity contribution in [2.45, 2.75) is 33.6 Å². The Morgan fingerprint density at radius 1 is 1.22 bits per heavy atom. The molecule has 18 heavy (non-hydrogen) atoms. The van der Waals surface area contributed by atoms with Crippen molar-refractivity contribution in [2.24, 2.45) is 5.92 Å².